The van der Waals surface area contributed by atoms with Crippen molar-refractivity contribution in [1.82, 2.24) is 25.4 Å². The highest BCUT2D eigenvalue weighted by molar-refractivity contribution is 5.90. The van der Waals surface area contributed by atoms with Crippen LogP contribution in [-0.4, -0.2) is 33.2 Å². The second-order valence-electron chi connectivity index (χ2n) is 5.85. The number of guanidine groups is 1. The molecule has 2 aromatic rings. The minimum Gasteiger partial charge on any atom is -0.357 e. The summed E-state index contributed by atoms with van der Waals surface area (Å²) in [5, 5.41) is 13.4. The molecule has 0 aliphatic heterocycles. The molecule has 3 N–H and O–H groups in total. The molecule has 1 amide bonds. The molecule has 8 nitrogen and oxygen atoms in total. The van der Waals surface area contributed by atoms with Gasteiger partial charge in [-0.25, -0.2) is 9.98 Å². The summed E-state index contributed by atoms with van der Waals surface area (Å²) in [6, 6.07) is 7.75. The zero-order valence-electron chi connectivity index (χ0n) is 15.6. The highest BCUT2D eigenvalue weighted by atomic mass is 16.1. The summed E-state index contributed by atoms with van der Waals surface area (Å²) in [5.41, 5.74) is 1.82. The van der Waals surface area contributed by atoms with Crippen molar-refractivity contribution >= 4 is 17.6 Å². The third-order valence-corrected chi connectivity index (χ3v) is 3.67. The van der Waals surface area contributed by atoms with E-state index in [-0.39, 0.29) is 5.91 Å². The van der Waals surface area contributed by atoms with Gasteiger partial charge in [0.2, 0.25) is 5.91 Å². The number of anilines is 1. The van der Waals surface area contributed by atoms with Gasteiger partial charge in [0, 0.05) is 25.7 Å². The maximum atomic E-state index is 11.7. The summed E-state index contributed by atoms with van der Waals surface area (Å²) in [6.07, 6.45) is 2.89. The molecule has 0 bridgehead atoms. The molecule has 1 aromatic heterocycles. The SMILES string of the molecule is CCCC(=O)Nc1cccc(CN=C(NCC)NCc2ncnn2C)c1. The van der Waals surface area contributed by atoms with Gasteiger partial charge in [0.25, 0.3) is 0 Å². The Morgan fingerprint density at radius 2 is 2.12 bits per heavy atom. The minimum atomic E-state index is 0.0341. The van der Waals surface area contributed by atoms with Gasteiger partial charge in [-0.15, -0.1) is 0 Å². The van der Waals surface area contributed by atoms with E-state index in [2.05, 4.69) is 31.0 Å². The quantitative estimate of drug-likeness (QED) is 0.495. The summed E-state index contributed by atoms with van der Waals surface area (Å²) < 4.78 is 1.72. The fourth-order valence-corrected chi connectivity index (χ4v) is 2.35. The fourth-order valence-electron chi connectivity index (χ4n) is 2.35. The summed E-state index contributed by atoms with van der Waals surface area (Å²) in [5.74, 6) is 1.57. The second kappa shape index (κ2) is 10.2. The lowest BCUT2D eigenvalue weighted by atomic mass is 10.2. The van der Waals surface area contributed by atoms with Crippen molar-refractivity contribution in [2.75, 3.05) is 11.9 Å². The molecule has 140 valence electrons. The van der Waals surface area contributed by atoms with E-state index in [0.29, 0.717) is 25.5 Å². The van der Waals surface area contributed by atoms with Gasteiger partial charge in [0.15, 0.2) is 5.96 Å². The number of aliphatic imine (C=N–C) groups is 1. The molecule has 0 unspecified atom stereocenters. The Balaban J connectivity index is 1.97. The highest BCUT2D eigenvalue weighted by Crippen LogP contribution is 2.12. The lowest BCUT2D eigenvalue weighted by Crippen LogP contribution is -2.37. The first-order chi connectivity index (χ1) is 12.6. The van der Waals surface area contributed by atoms with Crippen molar-refractivity contribution < 1.29 is 4.79 Å². The van der Waals surface area contributed by atoms with Crippen LogP contribution in [0.5, 0.6) is 0 Å². The largest absolute Gasteiger partial charge is 0.357 e. The van der Waals surface area contributed by atoms with Gasteiger partial charge in [0.1, 0.15) is 12.2 Å². The molecule has 8 heteroatoms. The maximum absolute atomic E-state index is 11.7. The Morgan fingerprint density at radius 3 is 2.81 bits per heavy atom. The first-order valence-electron chi connectivity index (χ1n) is 8.86. The van der Waals surface area contributed by atoms with Gasteiger partial charge in [0.05, 0.1) is 13.1 Å². The molecular weight excluding hydrogens is 330 g/mol. The molecule has 26 heavy (non-hydrogen) atoms. The number of aromatic nitrogens is 3. The van der Waals surface area contributed by atoms with E-state index in [1.54, 1.807) is 4.68 Å². The lowest BCUT2D eigenvalue weighted by molar-refractivity contribution is -0.116. The molecule has 0 aliphatic rings. The Kier molecular flexibility index (Phi) is 7.60. The van der Waals surface area contributed by atoms with Crippen LogP contribution in [0.25, 0.3) is 0 Å². The summed E-state index contributed by atoms with van der Waals surface area (Å²) in [4.78, 5) is 20.5. The molecule has 1 aromatic carbocycles. The lowest BCUT2D eigenvalue weighted by Gasteiger charge is -2.11. The molecule has 0 saturated carbocycles. The van der Waals surface area contributed by atoms with Crippen LogP contribution in [0.1, 0.15) is 38.1 Å². The number of carbonyl (C=O) groups excluding carboxylic acids is 1. The highest BCUT2D eigenvalue weighted by Gasteiger charge is 2.04. The van der Waals surface area contributed by atoms with Crippen LogP contribution in [0.4, 0.5) is 5.69 Å². The second-order valence-corrected chi connectivity index (χ2v) is 5.85. The van der Waals surface area contributed by atoms with E-state index in [1.807, 2.05) is 45.2 Å². The zero-order valence-corrected chi connectivity index (χ0v) is 15.6. The van der Waals surface area contributed by atoms with Crippen LogP contribution in [0.15, 0.2) is 35.6 Å². The normalized spacial score (nSPS) is 11.3. The minimum absolute atomic E-state index is 0.0341. The van der Waals surface area contributed by atoms with Crippen LogP contribution in [0.2, 0.25) is 0 Å². The molecule has 2 rings (SSSR count). The Bertz CT molecular complexity index is 739. The van der Waals surface area contributed by atoms with E-state index in [0.717, 1.165) is 30.0 Å². The van der Waals surface area contributed by atoms with Crippen LogP contribution in [-0.2, 0) is 24.9 Å². The molecule has 0 fully saturated rings. The number of nitrogens with zero attached hydrogens (tertiary/aromatic N) is 4. The zero-order chi connectivity index (χ0) is 18.8. The van der Waals surface area contributed by atoms with Crippen molar-refractivity contribution in [2.24, 2.45) is 12.0 Å². The Labute approximate surface area is 154 Å². The van der Waals surface area contributed by atoms with Gasteiger partial charge < -0.3 is 16.0 Å². The van der Waals surface area contributed by atoms with Crippen LogP contribution in [0.3, 0.4) is 0 Å². The molecule has 0 radical (unpaired) electrons. The molecule has 0 aliphatic carbocycles. The van der Waals surface area contributed by atoms with E-state index >= 15 is 0 Å². The Hall–Kier alpha value is -2.90. The van der Waals surface area contributed by atoms with Crippen LogP contribution >= 0.6 is 0 Å². The van der Waals surface area contributed by atoms with E-state index in [4.69, 9.17) is 0 Å². The number of rotatable bonds is 8. The number of hydrogen-bond acceptors (Lipinski definition) is 4. The van der Waals surface area contributed by atoms with Crippen LogP contribution in [0, 0.1) is 0 Å². The van der Waals surface area contributed by atoms with E-state index < -0.39 is 0 Å². The summed E-state index contributed by atoms with van der Waals surface area (Å²) >= 11 is 0. The monoisotopic (exact) mass is 357 g/mol. The third-order valence-electron chi connectivity index (χ3n) is 3.67. The molecule has 0 atom stereocenters. The van der Waals surface area contributed by atoms with E-state index in [9.17, 15) is 4.79 Å². The van der Waals surface area contributed by atoms with Gasteiger partial charge in [-0.3, -0.25) is 9.48 Å². The predicted molar refractivity (Wildman–Crippen MR) is 103 cm³/mol. The number of amides is 1. The van der Waals surface area contributed by atoms with Crippen molar-refractivity contribution in [3.8, 4) is 0 Å². The molecular formula is C18H27N7O. The van der Waals surface area contributed by atoms with Crippen molar-refractivity contribution in [3.05, 3.63) is 42.0 Å². The average Bonchev–Trinajstić information content (AvgIpc) is 3.03. The Morgan fingerprint density at radius 1 is 1.27 bits per heavy atom. The van der Waals surface area contributed by atoms with Crippen molar-refractivity contribution in [2.45, 2.75) is 39.8 Å². The smallest absolute Gasteiger partial charge is 0.224 e. The van der Waals surface area contributed by atoms with E-state index in [1.165, 1.54) is 6.33 Å². The maximum Gasteiger partial charge on any atom is 0.224 e. The van der Waals surface area contributed by atoms with Crippen molar-refractivity contribution in [3.63, 3.8) is 0 Å². The molecule has 1 heterocycles. The summed E-state index contributed by atoms with van der Waals surface area (Å²) in [7, 11) is 1.85. The number of benzene rings is 1. The van der Waals surface area contributed by atoms with Gasteiger partial charge in [-0.1, -0.05) is 19.1 Å². The third kappa shape index (κ3) is 6.19. The predicted octanol–water partition coefficient (Wildman–Crippen LogP) is 1.81. The number of nitrogens with one attached hydrogen (secondary N) is 3. The fraction of sp³-hybridized carbons (Fsp3) is 0.444. The standard InChI is InChI=1S/C18H27N7O/c1-4-7-17(26)24-15-9-6-8-14(10-15)11-20-18(19-5-2)21-12-16-22-13-23-25(16)3/h6,8-10,13H,4-5,7,11-12H2,1-3H3,(H,24,26)(H2,19,20,21). The summed E-state index contributed by atoms with van der Waals surface area (Å²) in [6.45, 7) is 5.81. The first kappa shape index (κ1) is 19.4. The average molecular weight is 357 g/mol. The number of carbonyl (C=O) groups is 1. The molecule has 0 saturated heterocycles. The van der Waals surface area contributed by atoms with Crippen molar-refractivity contribution in [1.29, 1.82) is 0 Å². The van der Waals surface area contributed by atoms with Crippen LogP contribution < -0.4 is 16.0 Å². The number of hydrogen-bond donors (Lipinski definition) is 3. The van der Waals surface area contributed by atoms with Gasteiger partial charge in [-0.05, 0) is 31.0 Å². The van der Waals surface area contributed by atoms with Gasteiger partial charge >= 0.3 is 0 Å². The molecule has 0 spiro atoms. The topological polar surface area (TPSA) is 96.2 Å². The number of aryl methyl sites for hydroxylation is 1. The van der Waals surface area contributed by atoms with Gasteiger partial charge in [-0.2, -0.15) is 5.10 Å². The first-order valence-corrected chi connectivity index (χ1v) is 8.86.